The second-order valence-electron chi connectivity index (χ2n) is 6.26. The van der Waals surface area contributed by atoms with E-state index in [0.29, 0.717) is 24.5 Å². The number of nitrogens with zero attached hydrogens (tertiary/aromatic N) is 2. The molecule has 1 atom stereocenters. The monoisotopic (exact) mass is 341 g/mol. The number of nitrogens with one attached hydrogen (secondary N) is 1. The van der Waals surface area contributed by atoms with Crippen molar-refractivity contribution in [1.82, 2.24) is 9.88 Å². The Bertz CT molecular complexity index is 776. The van der Waals surface area contributed by atoms with E-state index in [1.807, 2.05) is 19.1 Å². The van der Waals surface area contributed by atoms with Crippen LogP contribution in [-0.4, -0.2) is 34.8 Å². The van der Waals surface area contributed by atoms with Crippen molar-refractivity contribution in [2.75, 3.05) is 18.4 Å². The quantitative estimate of drug-likeness (QED) is 0.933. The molecule has 2 heterocycles. The van der Waals surface area contributed by atoms with Crippen molar-refractivity contribution >= 4 is 17.6 Å². The highest BCUT2D eigenvalue weighted by Gasteiger charge is 2.29. The standard InChI is InChI=1S/C19H20FN3O2/c1-13-4-2-10-21-17(13)22-18(24)15-5-3-11-23(12-15)19(25)14-6-8-16(20)9-7-14/h2,4,6-10,15H,3,5,11-12H2,1H3,(H,21,22,24). The van der Waals surface area contributed by atoms with Crippen molar-refractivity contribution in [2.45, 2.75) is 19.8 Å². The smallest absolute Gasteiger partial charge is 0.253 e. The molecular formula is C19H20FN3O2. The number of pyridine rings is 1. The van der Waals surface area contributed by atoms with E-state index >= 15 is 0 Å². The van der Waals surface area contributed by atoms with Gasteiger partial charge in [0.15, 0.2) is 0 Å². The van der Waals surface area contributed by atoms with Gasteiger partial charge < -0.3 is 10.2 Å². The predicted molar refractivity (Wildman–Crippen MR) is 92.6 cm³/mol. The third-order valence-corrected chi connectivity index (χ3v) is 4.42. The lowest BCUT2D eigenvalue weighted by molar-refractivity contribution is -0.121. The Balaban J connectivity index is 1.66. The molecule has 5 nitrogen and oxygen atoms in total. The van der Waals surface area contributed by atoms with Crippen molar-refractivity contribution in [3.8, 4) is 0 Å². The summed E-state index contributed by atoms with van der Waals surface area (Å²) >= 11 is 0. The summed E-state index contributed by atoms with van der Waals surface area (Å²) in [6, 6.07) is 9.18. The summed E-state index contributed by atoms with van der Waals surface area (Å²) in [4.78, 5) is 30.9. The van der Waals surface area contributed by atoms with Gasteiger partial charge in [-0.25, -0.2) is 9.37 Å². The molecule has 6 heteroatoms. The molecule has 2 amide bonds. The third kappa shape index (κ3) is 4.02. The fourth-order valence-electron chi connectivity index (χ4n) is 2.99. The SMILES string of the molecule is Cc1cccnc1NC(=O)C1CCCN(C(=O)c2ccc(F)cc2)C1. The van der Waals surface area contributed by atoms with Gasteiger partial charge in [0, 0.05) is 24.8 Å². The number of hydrogen-bond donors (Lipinski definition) is 1. The number of aromatic nitrogens is 1. The fraction of sp³-hybridized carbons (Fsp3) is 0.316. The number of rotatable bonds is 3. The Kier molecular flexibility index (Phi) is 5.07. The number of piperidine rings is 1. The largest absolute Gasteiger partial charge is 0.338 e. The van der Waals surface area contributed by atoms with Crippen LogP contribution >= 0.6 is 0 Å². The van der Waals surface area contributed by atoms with Crippen LogP contribution in [0.2, 0.25) is 0 Å². The van der Waals surface area contributed by atoms with E-state index in [9.17, 15) is 14.0 Å². The minimum Gasteiger partial charge on any atom is -0.338 e. The van der Waals surface area contributed by atoms with Gasteiger partial charge in [-0.1, -0.05) is 6.07 Å². The molecule has 130 valence electrons. The lowest BCUT2D eigenvalue weighted by atomic mass is 9.96. The van der Waals surface area contributed by atoms with Crippen LogP contribution < -0.4 is 5.32 Å². The molecule has 1 aromatic carbocycles. The molecule has 1 N–H and O–H groups in total. The Morgan fingerprint density at radius 3 is 2.72 bits per heavy atom. The summed E-state index contributed by atoms with van der Waals surface area (Å²) in [6.07, 6.45) is 3.12. The highest BCUT2D eigenvalue weighted by molar-refractivity contribution is 5.96. The van der Waals surface area contributed by atoms with Crippen molar-refractivity contribution in [2.24, 2.45) is 5.92 Å². The van der Waals surface area contributed by atoms with Gasteiger partial charge in [0.1, 0.15) is 11.6 Å². The molecule has 1 fully saturated rings. The molecule has 0 spiro atoms. The zero-order chi connectivity index (χ0) is 17.8. The van der Waals surface area contributed by atoms with Gasteiger partial charge >= 0.3 is 0 Å². The van der Waals surface area contributed by atoms with Crippen LogP contribution in [-0.2, 0) is 4.79 Å². The van der Waals surface area contributed by atoms with Crippen molar-refractivity contribution < 1.29 is 14.0 Å². The van der Waals surface area contributed by atoms with E-state index in [1.54, 1.807) is 11.1 Å². The molecule has 0 aliphatic carbocycles. The van der Waals surface area contributed by atoms with Crippen LogP contribution in [0.1, 0.15) is 28.8 Å². The van der Waals surface area contributed by atoms with Gasteiger partial charge in [0.25, 0.3) is 5.91 Å². The number of carbonyl (C=O) groups excluding carboxylic acids is 2. The van der Waals surface area contributed by atoms with Crippen LogP contribution in [0.4, 0.5) is 10.2 Å². The van der Waals surface area contributed by atoms with Gasteiger partial charge in [-0.3, -0.25) is 9.59 Å². The summed E-state index contributed by atoms with van der Waals surface area (Å²) in [6.45, 7) is 2.84. The number of hydrogen-bond acceptors (Lipinski definition) is 3. The average molecular weight is 341 g/mol. The molecule has 1 unspecified atom stereocenters. The summed E-state index contributed by atoms with van der Waals surface area (Å²) in [5, 5.41) is 2.85. The minimum atomic E-state index is -0.377. The second kappa shape index (κ2) is 7.42. The Morgan fingerprint density at radius 1 is 1.24 bits per heavy atom. The van der Waals surface area contributed by atoms with Crippen LogP contribution in [0.5, 0.6) is 0 Å². The molecule has 0 saturated carbocycles. The molecule has 0 radical (unpaired) electrons. The first-order valence-electron chi connectivity index (χ1n) is 8.32. The number of aryl methyl sites for hydroxylation is 1. The molecule has 3 rings (SSSR count). The number of amides is 2. The Hall–Kier alpha value is -2.76. The molecular weight excluding hydrogens is 321 g/mol. The van der Waals surface area contributed by atoms with E-state index < -0.39 is 0 Å². The maximum absolute atomic E-state index is 13.0. The number of anilines is 1. The Morgan fingerprint density at radius 2 is 2.00 bits per heavy atom. The molecule has 25 heavy (non-hydrogen) atoms. The van der Waals surface area contributed by atoms with Crippen molar-refractivity contribution in [1.29, 1.82) is 0 Å². The average Bonchev–Trinajstić information content (AvgIpc) is 2.64. The van der Waals surface area contributed by atoms with Crippen LogP contribution in [0, 0.1) is 18.7 Å². The first-order valence-corrected chi connectivity index (χ1v) is 8.32. The fourth-order valence-corrected chi connectivity index (χ4v) is 2.99. The van der Waals surface area contributed by atoms with Gasteiger partial charge in [0.2, 0.25) is 5.91 Å². The lowest BCUT2D eigenvalue weighted by Gasteiger charge is -2.32. The summed E-state index contributed by atoms with van der Waals surface area (Å²) in [5.41, 5.74) is 1.33. The molecule has 0 bridgehead atoms. The third-order valence-electron chi connectivity index (χ3n) is 4.42. The van der Waals surface area contributed by atoms with Crippen molar-refractivity contribution in [3.05, 3.63) is 59.5 Å². The molecule has 1 aliphatic rings. The van der Waals surface area contributed by atoms with E-state index in [-0.39, 0.29) is 23.5 Å². The normalized spacial score (nSPS) is 17.2. The van der Waals surface area contributed by atoms with E-state index in [2.05, 4.69) is 10.3 Å². The summed E-state index contributed by atoms with van der Waals surface area (Å²) in [5.74, 6) is -0.405. The van der Waals surface area contributed by atoms with E-state index in [4.69, 9.17) is 0 Å². The first-order chi connectivity index (χ1) is 12.0. The summed E-state index contributed by atoms with van der Waals surface area (Å²) in [7, 11) is 0. The molecule has 2 aromatic rings. The predicted octanol–water partition coefficient (Wildman–Crippen LogP) is 3.02. The second-order valence-corrected chi connectivity index (χ2v) is 6.26. The zero-order valence-corrected chi connectivity index (χ0v) is 14.0. The van der Waals surface area contributed by atoms with E-state index in [1.165, 1.54) is 24.3 Å². The maximum Gasteiger partial charge on any atom is 0.253 e. The van der Waals surface area contributed by atoms with Gasteiger partial charge in [-0.15, -0.1) is 0 Å². The van der Waals surface area contributed by atoms with Crippen molar-refractivity contribution in [3.63, 3.8) is 0 Å². The minimum absolute atomic E-state index is 0.126. The highest BCUT2D eigenvalue weighted by Crippen LogP contribution is 2.21. The zero-order valence-electron chi connectivity index (χ0n) is 14.0. The maximum atomic E-state index is 13.0. The molecule has 1 saturated heterocycles. The van der Waals surface area contributed by atoms with Gasteiger partial charge in [-0.05, 0) is 55.7 Å². The van der Waals surface area contributed by atoms with E-state index in [0.717, 1.165) is 18.4 Å². The molecule has 1 aliphatic heterocycles. The lowest BCUT2D eigenvalue weighted by Crippen LogP contribution is -2.43. The van der Waals surface area contributed by atoms with Crippen LogP contribution in [0.3, 0.4) is 0 Å². The topological polar surface area (TPSA) is 62.3 Å². The summed E-state index contributed by atoms with van der Waals surface area (Å²) < 4.78 is 13.0. The van der Waals surface area contributed by atoms with Gasteiger partial charge in [0.05, 0.1) is 5.92 Å². The number of benzene rings is 1. The molecule has 1 aromatic heterocycles. The first kappa shape index (κ1) is 17.1. The highest BCUT2D eigenvalue weighted by atomic mass is 19.1. The number of likely N-dealkylation sites (tertiary alicyclic amines) is 1. The van der Waals surface area contributed by atoms with Gasteiger partial charge in [-0.2, -0.15) is 0 Å². The van der Waals surface area contributed by atoms with Crippen LogP contribution in [0.25, 0.3) is 0 Å². The number of halogens is 1. The Labute approximate surface area is 145 Å². The van der Waals surface area contributed by atoms with Crippen LogP contribution in [0.15, 0.2) is 42.6 Å². The number of carbonyl (C=O) groups is 2.